The highest BCUT2D eigenvalue weighted by Crippen LogP contribution is 2.06. The molecule has 2 N–H and O–H groups in total. The molecule has 0 fully saturated rings. The Morgan fingerprint density at radius 3 is 2.50 bits per heavy atom. The third-order valence-electron chi connectivity index (χ3n) is 1.49. The summed E-state index contributed by atoms with van der Waals surface area (Å²) in [4.78, 5) is 10.3. The number of aldehydes is 1. The first kappa shape index (κ1) is 8.74. The fraction of sp³-hybridized carbons (Fsp3) is 0.222. The third-order valence-corrected chi connectivity index (χ3v) is 1.49. The highest BCUT2D eigenvalue weighted by molar-refractivity contribution is 5.75. The van der Waals surface area contributed by atoms with Crippen LogP contribution in [0.5, 0.6) is 0 Å². The van der Waals surface area contributed by atoms with Crippen molar-refractivity contribution in [2.75, 3.05) is 18.5 Å². The Morgan fingerprint density at radius 1 is 1.33 bits per heavy atom. The van der Waals surface area contributed by atoms with E-state index in [2.05, 4.69) is 5.32 Å². The lowest BCUT2D eigenvalue weighted by atomic mass is 10.2. The van der Waals surface area contributed by atoms with Crippen molar-refractivity contribution in [3.63, 3.8) is 0 Å². The van der Waals surface area contributed by atoms with Gasteiger partial charge in [-0.15, -0.1) is 0 Å². The van der Waals surface area contributed by atoms with Gasteiger partial charge in [0.05, 0.1) is 6.61 Å². The maximum Gasteiger partial charge on any atom is 0.150 e. The molecule has 0 aromatic heterocycles. The quantitative estimate of drug-likeness (QED) is 0.652. The molecule has 0 bridgehead atoms. The van der Waals surface area contributed by atoms with E-state index in [1.807, 2.05) is 0 Å². The topological polar surface area (TPSA) is 49.3 Å². The van der Waals surface area contributed by atoms with Crippen molar-refractivity contribution in [1.82, 2.24) is 0 Å². The minimum absolute atomic E-state index is 0.107. The molecule has 0 aliphatic heterocycles. The minimum Gasteiger partial charge on any atom is -0.395 e. The molecule has 0 heterocycles. The van der Waals surface area contributed by atoms with E-state index in [0.717, 1.165) is 12.0 Å². The number of rotatable bonds is 4. The predicted molar refractivity (Wildman–Crippen MR) is 47.4 cm³/mol. The first-order chi connectivity index (χ1) is 5.86. The summed E-state index contributed by atoms with van der Waals surface area (Å²) in [6.07, 6.45) is 0.801. The molecular formula is C9H11NO2. The summed E-state index contributed by atoms with van der Waals surface area (Å²) in [6.45, 7) is 0.635. The Labute approximate surface area is 71.0 Å². The molecule has 0 aliphatic carbocycles. The number of aliphatic hydroxyl groups is 1. The van der Waals surface area contributed by atoms with Gasteiger partial charge < -0.3 is 10.4 Å². The molecule has 0 atom stereocenters. The summed E-state index contributed by atoms with van der Waals surface area (Å²) in [6, 6.07) is 7.07. The first-order valence-electron chi connectivity index (χ1n) is 3.77. The standard InChI is InChI=1S/C9H11NO2/c11-6-5-10-9-3-1-8(7-12)2-4-9/h1-4,7,10-11H,5-6H2. The second kappa shape index (κ2) is 4.51. The molecule has 0 radical (unpaired) electrons. The van der Waals surface area contributed by atoms with Gasteiger partial charge in [0.2, 0.25) is 0 Å². The van der Waals surface area contributed by atoms with E-state index in [9.17, 15) is 4.79 Å². The van der Waals surface area contributed by atoms with Gasteiger partial charge in [-0.3, -0.25) is 4.79 Å². The van der Waals surface area contributed by atoms with Crippen molar-refractivity contribution in [3.05, 3.63) is 29.8 Å². The normalized spacial score (nSPS) is 9.42. The number of nitrogens with one attached hydrogen (secondary N) is 1. The molecule has 12 heavy (non-hydrogen) atoms. The summed E-state index contributed by atoms with van der Waals surface area (Å²) in [7, 11) is 0. The summed E-state index contributed by atoms with van der Waals surface area (Å²) in [5.41, 5.74) is 1.57. The highest BCUT2D eigenvalue weighted by atomic mass is 16.3. The number of carbonyl (C=O) groups excluding carboxylic acids is 1. The number of hydrogen-bond acceptors (Lipinski definition) is 3. The van der Waals surface area contributed by atoms with Gasteiger partial charge in [-0.25, -0.2) is 0 Å². The lowest BCUT2D eigenvalue weighted by Crippen LogP contribution is -2.04. The lowest BCUT2D eigenvalue weighted by Gasteiger charge is -2.02. The molecule has 0 spiro atoms. The van der Waals surface area contributed by atoms with Gasteiger partial charge in [0.15, 0.2) is 0 Å². The Hall–Kier alpha value is -1.35. The summed E-state index contributed by atoms with van der Waals surface area (Å²) < 4.78 is 0. The van der Waals surface area contributed by atoms with E-state index in [1.165, 1.54) is 0 Å². The molecule has 1 aromatic rings. The molecule has 64 valence electrons. The van der Waals surface area contributed by atoms with Crippen molar-refractivity contribution in [3.8, 4) is 0 Å². The summed E-state index contributed by atoms with van der Waals surface area (Å²) in [5, 5.41) is 11.5. The largest absolute Gasteiger partial charge is 0.395 e. The zero-order chi connectivity index (χ0) is 8.81. The van der Waals surface area contributed by atoms with Crippen LogP contribution in [0.2, 0.25) is 0 Å². The molecule has 3 nitrogen and oxygen atoms in total. The van der Waals surface area contributed by atoms with E-state index in [4.69, 9.17) is 5.11 Å². The smallest absolute Gasteiger partial charge is 0.150 e. The van der Waals surface area contributed by atoms with Crippen molar-refractivity contribution < 1.29 is 9.90 Å². The Bertz CT molecular complexity index is 243. The second-order valence-electron chi connectivity index (χ2n) is 2.39. The van der Waals surface area contributed by atoms with Crippen LogP contribution in [-0.4, -0.2) is 24.5 Å². The number of anilines is 1. The molecule has 3 heteroatoms. The van der Waals surface area contributed by atoms with Crippen LogP contribution < -0.4 is 5.32 Å². The van der Waals surface area contributed by atoms with E-state index < -0.39 is 0 Å². The maximum absolute atomic E-state index is 10.3. The summed E-state index contributed by atoms with van der Waals surface area (Å²) >= 11 is 0. The molecule has 0 amide bonds. The van der Waals surface area contributed by atoms with Crippen molar-refractivity contribution in [2.45, 2.75) is 0 Å². The van der Waals surface area contributed by atoms with Crippen LogP contribution in [0.15, 0.2) is 24.3 Å². The highest BCUT2D eigenvalue weighted by Gasteiger charge is 1.90. The maximum atomic E-state index is 10.3. The molecular weight excluding hydrogens is 154 g/mol. The Morgan fingerprint density at radius 2 is 2.00 bits per heavy atom. The zero-order valence-electron chi connectivity index (χ0n) is 6.66. The Kier molecular flexibility index (Phi) is 3.29. The van der Waals surface area contributed by atoms with Crippen LogP contribution in [0.3, 0.4) is 0 Å². The van der Waals surface area contributed by atoms with Crippen LogP contribution >= 0.6 is 0 Å². The Balaban J connectivity index is 2.58. The van der Waals surface area contributed by atoms with Gasteiger partial charge in [0.1, 0.15) is 6.29 Å². The predicted octanol–water partition coefficient (Wildman–Crippen LogP) is 0.903. The number of hydrogen-bond donors (Lipinski definition) is 2. The van der Waals surface area contributed by atoms with Gasteiger partial charge in [0.25, 0.3) is 0 Å². The average molecular weight is 165 g/mol. The third kappa shape index (κ3) is 2.36. The van der Waals surface area contributed by atoms with Crippen molar-refractivity contribution in [1.29, 1.82) is 0 Å². The average Bonchev–Trinajstić information content (AvgIpc) is 2.15. The summed E-state index contributed by atoms with van der Waals surface area (Å²) in [5.74, 6) is 0. The van der Waals surface area contributed by atoms with Gasteiger partial charge in [0, 0.05) is 17.8 Å². The molecule has 0 saturated heterocycles. The van der Waals surface area contributed by atoms with Gasteiger partial charge >= 0.3 is 0 Å². The molecule has 0 saturated carbocycles. The van der Waals surface area contributed by atoms with E-state index in [-0.39, 0.29) is 6.61 Å². The van der Waals surface area contributed by atoms with E-state index in [0.29, 0.717) is 12.1 Å². The molecule has 1 rings (SSSR count). The van der Waals surface area contributed by atoms with Crippen LogP contribution in [-0.2, 0) is 0 Å². The van der Waals surface area contributed by atoms with Crippen molar-refractivity contribution >= 4 is 12.0 Å². The van der Waals surface area contributed by atoms with Gasteiger partial charge in [-0.2, -0.15) is 0 Å². The van der Waals surface area contributed by atoms with Crippen molar-refractivity contribution in [2.24, 2.45) is 0 Å². The van der Waals surface area contributed by atoms with E-state index >= 15 is 0 Å². The van der Waals surface area contributed by atoms with Crippen LogP contribution in [0.4, 0.5) is 5.69 Å². The number of aliphatic hydroxyl groups excluding tert-OH is 1. The minimum atomic E-state index is 0.107. The van der Waals surface area contributed by atoms with Crippen LogP contribution in [0, 0.1) is 0 Å². The fourth-order valence-corrected chi connectivity index (χ4v) is 0.880. The molecule has 0 unspecified atom stereocenters. The number of benzene rings is 1. The van der Waals surface area contributed by atoms with E-state index in [1.54, 1.807) is 24.3 Å². The molecule has 1 aromatic carbocycles. The first-order valence-corrected chi connectivity index (χ1v) is 3.77. The van der Waals surface area contributed by atoms with Crippen LogP contribution in [0.25, 0.3) is 0 Å². The van der Waals surface area contributed by atoms with Gasteiger partial charge in [-0.1, -0.05) is 0 Å². The second-order valence-corrected chi connectivity index (χ2v) is 2.39. The zero-order valence-corrected chi connectivity index (χ0v) is 6.66. The van der Waals surface area contributed by atoms with Gasteiger partial charge in [-0.05, 0) is 24.3 Å². The molecule has 0 aliphatic rings. The fourth-order valence-electron chi connectivity index (χ4n) is 0.880. The monoisotopic (exact) mass is 165 g/mol. The van der Waals surface area contributed by atoms with Crippen LogP contribution in [0.1, 0.15) is 10.4 Å². The number of carbonyl (C=O) groups is 1. The SMILES string of the molecule is O=Cc1ccc(NCCO)cc1. The lowest BCUT2D eigenvalue weighted by molar-refractivity contribution is 0.112.